The van der Waals surface area contributed by atoms with Gasteiger partial charge in [0.15, 0.2) is 12.4 Å². The van der Waals surface area contributed by atoms with Crippen LogP contribution in [0.5, 0.6) is 5.75 Å². The number of hydrogen-bond donors (Lipinski definition) is 1. The highest BCUT2D eigenvalue weighted by molar-refractivity contribution is 6.03. The average Bonchev–Trinajstić information content (AvgIpc) is 3.58. The third-order valence-corrected chi connectivity index (χ3v) is 6.43. The highest BCUT2D eigenvalue weighted by atomic mass is 19.4. The Kier molecular flexibility index (Phi) is 8.83. The molecule has 1 N–H and O–H groups in total. The monoisotopic (exact) mass is 577 g/mol. The summed E-state index contributed by atoms with van der Waals surface area (Å²) in [4.78, 5) is 41.0. The van der Waals surface area contributed by atoms with Crippen LogP contribution >= 0.6 is 0 Å². The fraction of sp³-hybridized carbons (Fsp3) is 0.423. The number of carbonyl (C=O) groups is 3. The summed E-state index contributed by atoms with van der Waals surface area (Å²) in [5, 5.41) is 11.2. The Hall–Kier alpha value is -4.56. The summed E-state index contributed by atoms with van der Waals surface area (Å²) in [7, 11) is 0. The molecule has 1 atom stereocenters. The van der Waals surface area contributed by atoms with E-state index >= 15 is 0 Å². The van der Waals surface area contributed by atoms with E-state index in [9.17, 15) is 27.6 Å². The summed E-state index contributed by atoms with van der Waals surface area (Å²) in [5.74, 6) is -0.707. The molecule has 1 aliphatic heterocycles. The van der Waals surface area contributed by atoms with E-state index in [-0.39, 0.29) is 30.7 Å². The third kappa shape index (κ3) is 7.15. The van der Waals surface area contributed by atoms with Crippen LogP contribution in [0.1, 0.15) is 41.6 Å². The molecule has 220 valence electrons. The summed E-state index contributed by atoms with van der Waals surface area (Å²) in [6.45, 7) is 6.66. The van der Waals surface area contributed by atoms with Crippen LogP contribution in [0.25, 0.3) is 0 Å². The number of benzene rings is 1. The topological polar surface area (TPSA) is 124 Å². The molecular formula is C26H30F3N7O5. The van der Waals surface area contributed by atoms with E-state index in [0.717, 1.165) is 12.1 Å². The SMILES string of the molecule is CCOC(=O)N1CCN(C(=O)C(C)n2cc(NC(=O)c3ccn(COc4cccc(C(F)(F)F)c4)n3)c(C)n2)CC1. The number of nitrogens with zero attached hydrogens (tertiary/aromatic N) is 6. The number of rotatable bonds is 8. The highest BCUT2D eigenvalue weighted by Gasteiger charge is 2.31. The molecule has 0 aliphatic carbocycles. The van der Waals surface area contributed by atoms with Crippen molar-refractivity contribution in [3.05, 3.63) is 59.7 Å². The summed E-state index contributed by atoms with van der Waals surface area (Å²) < 4.78 is 51.8. The molecule has 3 amide bonds. The Bertz CT molecular complexity index is 1400. The minimum atomic E-state index is -4.49. The molecule has 4 rings (SSSR count). The molecule has 3 heterocycles. The zero-order valence-electron chi connectivity index (χ0n) is 22.7. The van der Waals surface area contributed by atoms with Gasteiger partial charge in [0.25, 0.3) is 5.91 Å². The van der Waals surface area contributed by atoms with E-state index < -0.39 is 29.8 Å². The summed E-state index contributed by atoms with van der Waals surface area (Å²) >= 11 is 0. The summed E-state index contributed by atoms with van der Waals surface area (Å²) in [6.07, 6.45) is -1.88. The lowest BCUT2D eigenvalue weighted by atomic mass is 10.2. The molecule has 0 spiro atoms. The molecule has 0 saturated carbocycles. The number of aryl methyl sites for hydroxylation is 1. The fourth-order valence-electron chi connectivity index (χ4n) is 4.15. The Morgan fingerprint density at radius 3 is 2.46 bits per heavy atom. The van der Waals surface area contributed by atoms with Crippen molar-refractivity contribution in [1.29, 1.82) is 0 Å². The molecule has 0 radical (unpaired) electrons. The van der Waals surface area contributed by atoms with Crippen LogP contribution in [0.2, 0.25) is 0 Å². The highest BCUT2D eigenvalue weighted by Crippen LogP contribution is 2.31. The first-order valence-corrected chi connectivity index (χ1v) is 12.9. The van der Waals surface area contributed by atoms with Gasteiger partial charge in [0.05, 0.1) is 23.6 Å². The number of aromatic nitrogens is 4. The minimum Gasteiger partial charge on any atom is -0.471 e. The van der Waals surface area contributed by atoms with Crippen LogP contribution in [0.4, 0.5) is 23.7 Å². The third-order valence-electron chi connectivity index (χ3n) is 6.43. The van der Waals surface area contributed by atoms with Crippen molar-refractivity contribution in [1.82, 2.24) is 29.4 Å². The predicted octanol–water partition coefficient (Wildman–Crippen LogP) is 3.56. The van der Waals surface area contributed by atoms with E-state index in [0.29, 0.717) is 37.6 Å². The van der Waals surface area contributed by atoms with Crippen molar-refractivity contribution < 1.29 is 37.0 Å². The Labute approximate surface area is 233 Å². The van der Waals surface area contributed by atoms with Crippen LogP contribution in [-0.4, -0.2) is 80.1 Å². The summed E-state index contributed by atoms with van der Waals surface area (Å²) in [6, 6.07) is 5.24. The molecule has 41 heavy (non-hydrogen) atoms. The van der Waals surface area contributed by atoms with Gasteiger partial charge in [-0.15, -0.1) is 0 Å². The van der Waals surface area contributed by atoms with E-state index in [2.05, 4.69) is 15.5 Å². The number of nitrogens with one attached hydrogen (secondary N) is 1. The van der Waals surface area contributed by atoms with Gasteiger partial charge < -0.3 is 24.6 Å². The normalized spacial score (nSPS) is 14.5. The van der Waals surface area contributed by atoms with E-state index in [1.54, 1.807) is 36.8 Å². The number of carbonyl (C=O) groups excluding carboxylic acids is 3. The maximum atomic E-state index is 13.1. The Morgan fingerprint density at radius 1 is 1.07 bits per heavy atom. The largest absolute Gasteiger partial charge is 0.471 e. The quantitative estimate of drug-likeness (QED) is 0.434. The van der Waals surface area contributed by atoms with Gasteiger partial charge in [-0.05, 0) is 45.0 Å². The zero-order chi connectivity index (χ0) is 29.7. The lowest BCUT2D eigenvalue weighted by Crippen LogP contribution is -2.52. The number of piperazine rings is 1. The summed E-state index contributed by atoms with van der Waals surface area (Å²) in [5.41, 5.74) is 0.0846. The maximum absolute atomic E-state index is 13.1. The Balaban J connectivity index is 1.32. The van der Waals surface area contributed by atoms with Gasteiger partial charge >= 0.3 is 12.3 Å². The van der Waals surface area contributed by atoms with Gasteiger partial charge in [0.1, 0.15) is 11.8 Å². The van der Waals surface area contributed by atoms with Crippen molar-refractivity contribution >= 4 is 23.6 Å². The van der Waals surface area contributed by atoms with Crippen LogP contribution in [-0.2, 0) is 22.4 Å². The van der Waals surface area contributed by atoms with Crippen LogP contribution < -0.4 is 10.1 Å². The van der Waals surface area contributed by atoms with Crippen LogP contribution in [0.15, 0.2) is 42.7 Å². The molecule has 1 aromatic carbocycles. The number of anilines is 1. The van der Waals surface area contributed by atoms with Gasteiger partial charge in [-0.2, -0.15) is 23.4 Å². The number of alkyl halides is 3. The Morgan fingerprint density at radius 2 is 1.78 bits per heavy atom. The molecular weight excluding hydrogens is 547 g/mol. The maximum Gasteiger partial charge on any atom is 0.416 e. The second kappa shape index (κ2) is 12.3. The molecule has 1 fully saturated rings. The standard InChI is InChI=1S/C26H30F3N7O5/c1-4-40-25(39)34-12-10-33(11-13-34)24(38)18(3)36-15-22(17(2)31-36)30-23(37)21-8-9-35(32-21)16-41-20-7-5-6-19(14-20)26(27,28)29/h5-9,14-15,18H,4,10-13,16H2,1-3H3,(H,30,37). The number of hydrogen-bond acceptors (Lipinski definition) is 7. The van der Waals surface area contributed by atoms with Gasteiger partial charge in [0.2, 0.25) is 5.91 Å². The minimum absolute atomic E-state index is 0.00825. The van der Waals surface area contributed by atoms with Crippen molar-refractivity contribution in [2.75, 3.05) is 38.1 Å². The second-order valence-electron chi connectivity index (χ2n) is 9.29. The fourth-order valence-corrected chi connectivity index (χ4v) is 4.15. The molecule has 12 nitrogen and oxygen atoms in total. The van der Waals surface area contributed by atoms with Crippen molar-refractivity contribution in [3.8, 4) is 5.75 Å². The molecule has 15 heteroatoms. The van der Waals surface area contributed by atoms with Gasteiger partial charge in [-0.1, -0.05) is 6.07 Å². The first-order valence-electron chi connectivity index (χ1n) is 12.9. The lowest BCUT2D eigenvalue weighted by molar-refractivity contribution is -0.138. The molecule has 3 aromatic rings. The van der Waals surface area contributed by atoms with E-state index in [1.807, 2.05) is 0 Å². The van der Waals surface area contributed by atoms with Gasteiger partial charge in [0, 0.05) is 38.6 Å². The molecule has 1 unspecified atom stereocenters. The van der Waals surface area contributed by atoms with Crippen molar-refractivity contribution in [2.24, 2.45) is 0 Å². The zero-order valence-corrected chi connectivity index (χ0v) is 22.7. The van der Waals surface area contributed by atoms with E-state index in [1.165, 1.54) is 33.8 Å². The average molecular weight is 578 g/mol. The molecule has 2 aromatic heterocycles. The molecule has 1 aliphatic rings. The first-order chi connectivity index (χ1) is 19.5. The first kappa shape index (κ1) is 29.4. The van der Waals surface area contributed by atoms with Crippen LogP contribution in [0.3, 0.4) is 0 Å². The molecule has 1 saturated heterocycles. The lowest BCUT2D eigenvalue weighted by Gasteiger charge is -2.35. The van der Waals surface area contributed by atoms with Crippen molar-refractivity contribution in [2.45, 2.75) is 39.7 Å². The predicted molar refractivity (Wildman–Crippen MR) is 139 cm³/mol. The van der Waals surface area contributed by atoms with Crippen molar-refractivity contribution in [3.63, 3.8) is 0 Å². The number of halogens is 3. The van der Waals surface area contributed by atoms with Gasteiger partial charge in [-0.3, -0.25) is 14.3 Å². The number of ether oxygens (including phenoxy) is 2. The smallest absolute Gasteiger partial charge is 0.416 e. The second-order valence-corrected chi connectivity index (χ2v) is 9.29. The van der Waals surface area contributed by atoms with E-state index in [4.69, 9.17) is 9.47 Å². The molecule has 0 bridgehead atoms. The van der Waals surface area contributed by atoms with Gasteiger partial charge in [-0.25, -0.2) is 9.48 Å². The number of amides is 3. The van der Waals surface area contributed by atoms with Crippen LogP contribution in [0, 0.1) is 6.92 Å².